The molecule has 1 aromatic heterocycles. The van der Waals surface area contributed by atoms with E-state index in [4.69, 9.17) is 4.42 Å². The number of aromatic nitrogens is 1. The molecule has 0 aliphatic heterocycles. The van der Waals surface area contributed by atoms with Gasteiger partial charge in [0, 0.05) is 22.1 Å². The number of nitrogens with one attached hydrogen (secondary N) is 1. The first kappa shape index (κ1) is 16.3. The number of carbonyl (C=O) groups is 2. The van der Waals surface area contributed by atoms with Gasteiger partial charge < -0.3 is 14.6 Å². The normalized spacial score (nSPS) is 16.5. The molecule has 25 heavy (non-hydrogen) atoms. The molecule has 2 aliphatic rings. The summed E-state index contributed by atoms with van der Waals surface area (Å²) in [7, 11) is 0. The van der Waals surface area contributed by atoms with Crippen molar-refractivity contribution in [2.75, 3.05) is 0 Å². The van der Waals surface area contributed by atoms with Crippen molar-refractivity contribution in [1.29, 1.82) is 0 Å². The van der Waals surface area contributed by atoms with Gasteiger partial charge in [0.25, 0.3) is 11.8 Å². The van der Waals surface area contributed by atoms with E-state index in [-0.39, 0.29) is 36.1 Å². The molecule has 6 nitrogen and oxygen atoms in total. The molecule has 0 unspecified atom stereocenters. The summed E-state index contributed by atoms with van der Waals surface area (Å²) in [5.74, 6) is 0.130. The van der Waals surface area contributed by atoms with Crippen molar-refractivity contribution < 1.29 is 14.0 Å². The summed E-state index contributed by atoms with van der Waals surface area (Å²) in [5, 5.41) is 2.88. The molecule has 0 radical (unpaired) electrons. The van der Waals surface area contributed by atoms with Crippen LogP contribution in [0.2, 0.25) is 0 Å². The third-order valence-electron chi connectivity index (χ3n) is 4.34. The smallest absolute Gasteiger partial charge is 0.273 e. The van der Waals surface area contributed by atoms with Crippen molar-refractivity contribution in [3.8, 4) is 0 Å². The van der Waals surface area contributed by atoms with Crippen molar-refractivity contribution in [3.63, 3.8) is 0 Å². The predicted octanol–water partition coefficient (Wildman–Crippen LogP) is 3.13. The highest BCUT2D eigenvalue weighted by atomic mass is 79.9. The summed E-state index contributed by atoms with van der Waals surface area (Å²) in [6.07, 6.45) is 5.37. The molecule has 4 rings (SSSR count). The molecular weight excluding hydrogens is 386 g/mol. The maximum Gasteiger partial charge on any atom is 0.273 e. The zero-order valence-electron chi connectivity index (χ0n) is 13.6. The van der Waals surface area contributed by atoms with Gasteiger partial charge in [-0.15, -0.1) is 0 Å². The number of benzene rings is 1. The highest BCUT2D eigenvalue weighted by molar-refractivity contribution is 9.10. The second-order valence-corrected chi connectivity index (χ2v) is 7.46. The van der Waals surface area contributed by atoms with Gasteiger partial charge in [0.2, 0.25) is 5.89 Å². The lowest BCUT2D eigenvalue weighted by atomic mass is 10.2. The molecule has 1 heterocycles. The van der Waals surface area contributed by atoms with Crippen LogP contribution >= 0.6 is 15.9 Å². The van der Waals surface area contributed by atoms with Gasteiger partial charge in [-0.3, -0.25) is 9.59 Å². The molecule has 2 saturated carbocycles. The molecule has 2 aliphatic carbocycles. The van der Waals surface area contributed by atoms with Crippen LogP contribution in [0.3, 0.4) is 0 Å². The minimum Gasteiger partial charge on any atom is -0.446 e. The number of nitrogens with zero attached hydrogens (tertiary/aromatic N) is 2. The van der Waals surface area contributed by atoms with Crippen molar-refractivity contribution in [2.45, 2.75) is 44.3 Å². The summed E-state index contributed by atoms with van der Waals surface area (Å²) in [4.78, 5) is 30.8. The predicted molar refractivity (Wildman–Crippen MR) is 94.0 cm³/mol. The van der Waals surface area contributed by atoms with Crippen LogP contribution in [0.1, 0.15) is 52.4 Å². The Hall–Kier alpha value is -2.15. The number of halogens is 1. The molecule has 2 aromatic rings. The summed E-state index contributed by atoms with van der Waals surface area (Å²) < 4.78 is 6.36. The average molecular weight is 404 g/mol. The minimum absolute atomic E-state index is 0.0443. The second-order valence-electron chi connectivity index (χ2n) is 6.55. The lowest BCUT2D eigenvalue weighted by Gasteiger charge is -2.20. The van der Waals surface area contributed by atoms with Crippen molar-refractivity contribution in [3.05, 3.63) is 52.1 Å². The first-order valence-corrected chi connectivity index (χ1v) is 9.21. The second kappa shape index (κ2) is 6.63. The molecule has 0 saturated heterocycles. The zero-order valence-corrected chi connectivity index (χ0v) is 15.2. The molecule has 7 heteroatoms. The van der Waals surface area contributed by atoms with E-state index in [9.17, 15) is 9.59 Å². The summed E-state index contributed by atoms with van der Waals surface area (Å²) >= 11 is 3.38. The highest BCUT2D eigenvalue weighted by Gasteiger charge is 2.34. The first-order valence-electron chi connectivity index (χ1n) is 8.42. The third kappa shape index (κ3) is 3.92. The average Bonchev–Trinajstić information content (AvgIpc) is 3.53. The van der Waals surface area contributed by atoms with Gasteiger partial charge in [-0.05, 0) is 49.9 Å². The summed E-state index contributed by atoms with van der Waals surface area (Å²) in [6, 6.07) is 7.78. The van der Waals surface area contributed by atoms with Gasteiger partial charge in [0.1, 0.15) is 6.26 Å². The number of carbonyl (C=O) groups excluding carboxylic acids is 2. The number of oxazole rings is 1. The van der Waals surface area contributed by atoms with Gasteiger partial charge in [0.05, 0.1) is 6.54 Å². The highest BCUT2D eigenvalue weighted by Crippen LogP contribution is 2.30. The van der Waals surface area contributed by atoms with Crippen molar-refractivity contribution in [2.24, 2.45) is 0 Å². The molecule has 0 spiro atoms. The maximum atomic E-state index is 12.8. The molecule has 1 N–H and O–H groups in total. The first-order chi connectivity index (χ1) is 12.1. The van der Waals surface area contributed by atoms with Crippen LogP contribution in [-0.2, 0) is 6.54 Å². The Morgan fingerprint density at radius 2 is 1.92 bits per heavy atom. The van der Waals surface area contributed by atoms with Crippen LogP contribution in [0.25, 0.3) is 0 Å². The fourth-order valence-electron chi connectivity index (χ4n) is 2.63. The standard InChI is InChI=1S/C18H18BrN3O3/c19-12-3-1-11(2-4-12)18(24)22(14-7-8-14)9-16-21-15(10-25-16)17(23)20-13-5-6-13/h1-4,10,13-14H,5-9H2,(H,20,23). The monoisotopic (exact) mass is 403 g/mol. The summed E-state index contributed by atoms with van der Waals surface area (Å²) in [6.45, 7) is 0.274. The van der Waals surface area contributed by atoms with Crippen LogP contribution < -0.4 is 5.32 Å². The van der Waals surface area contributed by atoms with E-state index in [1.165, 1.54) is 6.26 Å². The fourth-order valence-corrected chi connectivity index (χ4v) is 2.90. The van der Waals surface area contributed by atoms with E-state index in [0.717, 1.165) is 30.2 Å². The van der Waals surface area contributed by atoms with E-state index in [1.807, 2.05) is 12.1 Å². The van der Waals surface area contributed by atoms with Crippen molar-refractivity contribution >= 4 is 27.7 Å². The Balaban J connectivity index is 1.46. The SMILES string of the molecule is O=C(NC1CC1)c1coc(CN(C(=O)c2ccc(Br)cc2)C2CC2)n1. The Labute approximate surface area is 153 Å². The third-order valence-corrected chi connectivity index (χ3v) is 4.87. The fraction of sp³-hybridized carbons (Fsp3) is 0.389. The zero-order chi connectivity index (χ0) is 17.4. The maximum absolute atomic E-state index is 12.8. The number of rotatable bonds is 6. The van der Waals surface area contributed by atoms with Gasteiger partial charge >= 0.3 is 0 Å². The lowest BCUT2D eigenvalue weighted by Crippen LogP contribution is -2.32. The van der Waals surface area contributed by atoms with Crippen LogP contribution in [0, 0.1) is 0 Å². The van der Waals surface area contributed by atoms with E-state index in [1.54, 1.807) is 17.0 Å². The van der Waals surface area contributed by atoms with Gasteiger partial charge in [0.15, 0.2) is 5.69 Å². The van der Waals surface area contributed by atoms with Crippen LogP contribution in [0.4, 0.5) is 0 Å². The Kier molecular flexibility index (Phi) is 4.33. The van der Waals surface area contributed by atoms with E-state index >= 15 is 0 Å². The molecule has 1 aromatic carbocycles. The Morgan fingerprint density at radius 3 is 2.56 bits per heavy atom. The molecule has 2 amide bonds. The topological polar surface area (TPSA) is 75.4 Å². The molecule has 0 bridgehead atoms. The van der Waals surface area contributed by atoms with Gasteiger partial charge in [-0.1, -0.05) is 15.9 Å². The quantitative estimate of drug-likeness (QED) is 0.803. The van der Waals surface area contributed by atoms with E-state index < -0.39 is 0 Å². The minimum atomic E-state index is -0.213. The Morgan fingerprint density at radius 1 is 1.20 bits per heavy atom. The van der Waals surface area contributed by atoms with Crippen LogP contribution in [0.15, 0.2) is 39.4 Å². The van der Waals surface area contributed by atoms with Gasteiger partial charge in [-0.2, -0.15) is 0 Å². The number of hydrogen-bond acceptors (Lipinski definition) is 4. The van der Waals surface area contributed by atoms with Crippen LogP contribution in [-0.4, -0.2) is 33.8 Å². The van der Waals surface area contributed by atoms with E-state index in [0.29, 0.717) is 11.5 Å². The lowest BCUT2D eigenvalue weighted by molar-refractivity contribution is 0.0714. The van der Waals surface area contributed by atoms with Gasteiger partial charge in [-0.25, -0.2) is 4.98 Å². The Bertz CT molecular complexity index is 794. The molecule has 0 atom stereocenters. The molecule has 130 valence electrons. The largest absolute Gasteiger partial charge is 0.446 e. The summed E-state index contributed by atoms with van der Waals surface area (Å²) in [5.41, 5.74) is 0.905. The molecular formula is C18H18BrN3O3. The molecule has 2 fully saturated rings. The van der Waals surface area contributed by atoms with E-state index in [2.05, 4.69) is 26.2 Å². The number of hydrogen-bond donors (Lipinski definition) is 1. The van der Waals surface area contributed by atoms with Crippen molar-refractivity contribution in [1.82, 2.24) is 15.2 Å². The number of amides is 2. The van der Waals surface area contributed by atoms with Crippen LogP contribution in [0.5, 0.6) is 0 Å².